The molecule has 3 N–H and O–H groups in total. The Morgan fingerprint density at radius 3 is 2.68 bits per heavy atom. The number of nitrogens with two attached hydrogens (primary N) is 1. The van der Waals surface area contributed by atoms with Gasteiger partial charge in [0.05, 0.1) is 0 Å². The first-order valence-electron chi connectivity index (χ1n) is 6.79. The summed E-state index contributed by atoms with van der Waals surface area (Å²) in [5.41, 5.74) is 8.79. The third kappa shape index (κ3) is 3.01. The van der Waals surface area contributed by atoms with E-state index < -0.39 is 5.91 Å². The van der Waals surface area contributed by atoms with Crippen molar-refractivity contribution in [1.29, 1.82) is 0 Å². The SMILES string of the molecule is NC(=O)c1cc(C[CH]c2nnn[nH]2)ccc1-c1ccccc1. The second kappa shape index (κ2) is 6.17. The van der Waals surface area contributed by atoms with Gasteiger partial charge in [0.15, 0.2) is 5.82 Å². The van der Waals surface area contributed by atoms with Crippen molar-refractivity contribution >= 4 is 5.91 Å². The molecule has 1 amide bonds. The van der Waals surface area contributed by atoms with Gasteiger partial charge in [0, 0.05) is 12.0 Å². The lowest BCUT2D eigenvalue weighted by Gasteiger charge is -2.09. The highest BCUT2D eigenvalue weighted by Crippen LogP contribution is 2.25. The summed E-state index contributed by atoms with van der Waals surface area (Å²) in [5.74, 6) is 0.148. The molecule has 0 aliphatic rings. The molecule has 2 aromatic carbocycles. The fourth-order valence-corrected chi connectivity index (χ4v) is 2.26. The summed E-state index contributed by atoms with van der Waals surface area (Å²) in [6, 6.07) is 15.4. The summed E-state index contributed by atoms with van der Waals surface area (Å²) in [6.07, 6.45) is 2.45. The third-order valence-corrected chi connectivity index (χ3v) is 3.33. The van der Waals surface area contributed by atoms with Crippen LogP contribution in [0.2, 0.25) is 0 Å². The fraction of sp³-hybridized carbons (Fsp3) is 0.0625. The Morgan fingerprint density at radius 1 is 1.18 bits per heavy atom. The van der Waals surface area contributed by atoms with Crippen LogP contribution >= 0.6 is 0 Å². The minimum Gasteiger partial charge on any atom is -0.366 e. The van der Waals surface area contributed by atoms with Crippen LogP contribution in [-0.2, 0) is 6.42 Å². The van der Waals surface area contributed by atoms with Gasteiger partial charge in [-0.1, -0.05) is 42.5 Å². The van der Waals surface area contributed by atoms with E-state index in [1.165, 1.54) is 0 Å². The van der Waals surface area contributed by atoms with Crippen LogP contribution in [0.5, 0.6) is 0 Å². The van der Waals surface area contributed by atoms with Gasteiger partial charge >= 0.3 is 0 Å². The number of H-pyrrole nitrogens is 1. The Hall–Kier alpha value is -3.02. The molecule has 0 fully saturated rings. The van der Waals surface area contributed by atoms with Crippen LogP contribution in [0.15, 0.2) is 48.5 Å². The van der Waals surface area contributed by atoms with E-state index in [0.717, 1.165) is 16.7 Å². The zero-order valence-electron chi connectivity index (χ0n) is 11.7. The molecule has 1 radical (unpaired) electrons. The van der Waals surface area contributed by atoms with Gasteiger partial charge in [-0.05, 0) is 39.6 Å². The molecule has 109 valence electrons. The van der Waals surface area contributed by atoms with E-state index in [9.17, 15) is 4.79 Å². The maximum atomic E-state index is 11.8. The van der Waals surface area contributed by atoms with Crippen molar-refractivity contribution in [3.63, 3.8) is 0 Å². The first-order chi connectivity index (χ1) is 10.7. The zero-order valence-corrected chi connectivity index (χ0v) is 11.7. The number of carbonyl (C=O) groups excluding carboxylic acids is 1. The smallest absolute Gasteiger partial charge is 0.249 e. The van der Waals surface area contributed by atoms with Gasteiger partial charge in [-0.3, -0.25) is 4.79 Å². The molecule has 6 heteroatoms. The lowest BCUT2D eigenvalue weighted by molar-refractivity contribution is 0.100. The number of nitrogens with one attached hydrogen (secondary N) is 1. The normalized spacial score (nSPS) is 10.5. The molecule has 3 aromatic rings. The van der Waals surface area contributed by atoms with E-state index in [0.29, 0.717) is 17.8 Å². The molecule has 1 aromatic heterocycles. The summed E-state index contributed by atoms with van der Waals surface area (Å²) in [5, 5.41) is 13.5. The largest absolute Gasteiger partial charge is 0.366 e. The number of amides is 1. The van der Waals surface area contributed by atoms with Gasteiger partial charge in [-0.2, -0.15) is 0 Å². The summed E-state index contributed by atoms with van der Waals surface area (Å²) >= 11 is 0. The molecule has 22 heavy (non-hydrogen) atoms. The summed E-state index contributed by atoms with van der Waals surface area (Å²) in [7, 11) is 0. The fourth-order valence-electron chi connectivity index (χ4n) is 2.26. The molecule has 0 spiro atoms. The molecule has 0 bridgehead atoms. The van der Waals surface area contributed by atoms with Crippen molar-refractivity contribution < 1.29 is 4.79 Å². The Labute approximate surface area is 127 Å². The number of aromatic nitrogens is 4. The highest BCUT2D eigenvalue weighted by molar-refractivity contribution is 6.00. The van der Waals surface area contributed by atoms with E-state index in [-0.39, 0.29) is 0 Å². The van der Waals surface area contributed by atoms with Gasteiger partial charge in [0.1, 0.15) is 0 Å². The Bertz CT molecular complexity index is 768. The molecular formula is C16H14N5O. The molecule has 3 rings (SSSR count). The monoisotopic (exact) mass is 292 g/mol. The van der Waals surface area contributed by atoms with Crippen LogP contribution in [0, 0.1) is 6.42 Å². The van der Waals surface area contributed by atoms with Crippen molar-refractivity contribution in [2.75, 3.05) is 0 Å². The molecule has 0 aliphatic heterocycles. The average molecular weight is 292 g/mol. The predicted molar refractivity (Wildman–Crippen MR) is 81.7 cm³/mol. The molecule has 0 saturated heterocycles. The maximum absolute atomic E-state index is 11.8. The number of hydrogen-bond acceptors (Lipinski definition) is 4. The van der Waals surface area contributed by atoms with Crippen LogP contribution in [-0.4, -0.2) is 26.5 Å². The number of primary amides is 1. The highest BCUT2D eigenvalue weighted by Gasteiger charge is 2.11. The van der Waals surface area contributed by atoms with Gasteiger partial charge < -0.3 is 5.73 Å². The molecular weight excluding hydrogens is 278 g/mol. The molecule has 1 heterocycles. The third-order valence-electron chi connectivity index (χ3n) is 3.33. The minimum atomic E-state index is -0.443. The standard InChI is InChI=1S/C16H14N5O/c17-16(22)14-10-11(7-9-15-18-20-21-19-15)6-8-13(14)12-4-2-1-3-5-12/h1-6,8-10H,7H2,(H2,17,22)(H,18,19,20,21). The number of hydrogen-bond donors (Lipinski definition) is 2. The number of nitrogens with zero attached hydrogens (tertiary/aromatic N) is 3. The molecule has 0 unspecified atom stereocenters. The highest BCUT2D eigenvalue weighted by atomic mass is 16.1. The molecule has 6 nitrogen and oxygen atoms in total. The van der Waals surface area contributed by atoms with E-state index in [1.807, 2.05) is 55.0 Å². The molecule has 0 saturated carbocycles. The van der Waals surface area contributed by atoms with Crippen molar-refractivity contribution in [3.8, 4) is 11.1 Å². The number of rotatable bonds is 5. The maximum Gasteiger partial charge on any atom is 0.249 e. The molecule has 0 atom stereocenters. The quantitative estimate of drug-likeness (QED) is 0.748. The second-order valence-corrected chi connectivity index (χ2v) is 4.80. The van der Waals surface area contributed by atoms with Crippen LogP contribution in [0.3, 0.4) is 0 Å². The molecule has 0 aliphatic carbocycles. The summed E-state index contributed by atoms with van der Waals surface area (Å²) in [4.78, 5) is 11.8. The lowest BCUT2D eigenvalue weighted by Crippen LogP contribution is -2.13. The van der Waals surface area contributed by atoms with E-state index in [1.54, 1.807) is 0 Å². The van der Waals surface area contributed by atoms with Crippen molar-refractivity contribution in [2.24, 2.45) is 5.73 Å². The first kappa shape index (κ1) is 13.9. The van der Waals surface area contributed by atoms with Crippen molar-refractivity contribution in [2.45, 2.75) is 6.42 Å². The van der Waals surface area contributed by atoms with Gasteiger partial charge in [-0.25, -0.2) is 5.10 Å². The summed E-state index contributed by atoms with van der Waals surface area (Å²) < 4.78 is 0. The number of tetrazole rings is 1. The van der Waals surface area contributed by atoms with Gasteiger partial charge in [0.2, 0.25) is 5.91 Å². The van der Waals surface area contributed by atoms with E-state index in [2.05, 4.69) is 20.6 Å². The van der Waals surface area contributed by atoms with Crippen LogP contribution in [0.25, 0.3) is 11.1 Å². The average Bonchev–Trinajstić information content (AvgIpc) is 3.07. The first-order valence-corrected chi connectivity index (χ1v) is 6.79. The topological polar surface area (TPSA) is 97.6 Å². The minimum absolute atomic E-state index is 0.443. The number of carbonyl (C=O) groups is 1. The van der Waals surface area contributed by atoms with Gasteiger partial charge in [-0.15, -0.1) is 5.10 Å². The predicted octanol–water partition coefficient (Wildman–Crippen LogP) is 1.76. The van der Waals surface area contributed by atoms with Crippen molar-refractivity contribution in [3.05, 3.63) is 71.9 Å². The Balaban J connectivity index is 1.88. The summed E-state index contributed by atoms with van der Waals surface area (Å²) in [6.45, 7) is 0. The lowest BCUT2D eigenvalue weighted by atomic mass is 9.95. The van der Waals surface area contributed by atoms with Crippen molar-refractivity contribution in [1.82, 2.24) is 20.6 Å². The van der Waals surface area contributed by atoms with Gasteiger partial charge in [0.25, 0.3) is 0 Å². The number of benzene rings is 2. The Kier molecular flexibility index (Phi) is 3.91. The van der Waals surface area contributed by atoms with Crippen LogP contribution in [0.1, 0.15) is 21.7 Å². The zero-order chi connectivity index (χ0) is 15.4. The Morgan fingerprint density at radius 2 is 2.00 bits per heavy atom. The van der Waals surface area contributed by atoms with Crippen LogP contribution in [0.4, 0.5) is 0 Å². The van der Waals surface area contributed by atoms with E-state index >= 15 is 0 Å². The van der Waals surface area contributed by atoms with Crippen LogP contribution < -0.4 is 5.73 Å². The second-order valence-electron chi connectivity index (χ2n) is 4.80. The number of aromatic amines is 1. The van der Waals surface area contributed by atoms with E-state index in [4.69, 9.17) is 5.73 Å².